The number of amides is 1. The molecular formula is C13H14ClN3O4S. The summed E-state index contributed by atoms with van der Waals surface area (Å²) in [6, 6.07) is 3.74. The summed E-state index contributed by atoms with van der Waals surface area (Å²) >= 11 is 5.69. The van der Waals surface area contributed by atoms with Crippen molar-refractivity contribution in [1.82, 2.24) is 9.78 Å². The topological polar surface area (TPSA) is 101 Å². The van der Waals surface area contributed by atoms with Gasteiger partial charge in [-0.15, -0.1) is 0 Å². The number of hydrogen-bond acceptors (Lipinski definition) is 5. The number of carbonyl (C=O) groups excluding carboxylic acids is 1. The number of aromatic nitrogens is 2. The molecule has 1 aromatic heterocycles. The van der Waals surface area contributed by atoms with Crippen molar-refractivity contribution in [1.29, 1.82) is 0 Å². The molecule has 1 aromatic carbocycles. The van der Waals surface area contributed by atoms with Crippen molar-refractivity contribution in [3.63, 3.8) is 0 Å². The Kier molecular flexibility index (Phi) is 4.72. The van der Waals surface area contributed by atoms with Crippen LogP contribution < -0.4 is 5.32 Å². The van der Waals surface area contributed by atoms with Gasteiger partial charge in [0, 0.05) is 6.20 Å². The number of rotatable bonds is 5. The lowest BCUT2D eigenvalue weighted by Gasteiger charge is -2.09. The number of phenols is 1. The van der Waals surface area contributed by atoms with Gasteiger partial charge in [0.2, 0.25) is 5.91 Å². The van der Waals surface area contributed by atoms with E-state index in [1.807, 2.05) is 0 Å². The van der Waals surface area contributed by atoms with Crippen LogP contribution in [-0.4, -0.2) is 35.0 Å². The molecular weight excluding hydrogens is 330 g/mol. The van der Waals surface area contributed by atoms with Gasteiger partial charge in [0.05, 0.1) is 27.6 Å². The Morgan fingerprint density at radius 1 is 1.45 bits per heavy atom. The number of nitrogens with one attached hydrogen (secondary N) is 1. The molecule has 22 heavy (non-hydrogen) atoms. The standard InChI is InChI=1S/C13H14ClN3O4S/c1-2-22(20,21)10-3-4-12(18)11(5-10)16-13(19)8-17-7-9(14)6-15-17/h3-7,18H,2,8H2,1H3,(H,16,19). The van der Waals surface area contributed by atoms with Gasteiger partial charge in [-0.05, 0) is 18.2 Å². The Hall–Kier alpha value is -2.06. The number of halogens is 1. The first kappa shape index (κ1) is 16.3. The van der Waals surface area contributed by atoms with Crippen molar-refractivity contribution in [2.75, 3.05) is 11.1 Å². The third-order valence-electron chi connectivity index (χ3n) is 2.89. The molecule has 1 heterocycles. The third kappa shape index (κ3) is 3.77. The van der Waals surface area contributed by atoms with E-state index in [0.29, 0.717) is 5.02 Å². The van der Waals surface area contributed by atoms with Crippen molar-refractivity contribution >= 4 is 33.0 Å². The van der Waals surface area contributed by atoms with Gasteiger partial charge in [-0.1, -0.05) is 18.5 Å². The highest BCUT2D eigenvalue weighted by atomic mass is 35.5. The van der Waals surface area contributed by atoms with Gasteiger partial charge in [0.1, 0.15) is 12.3 Å². The smallest absolute Gasteiger partial charge is 0.246 e. The highest BCUT2D eigenvalue weighted by molar-refractivity contribution is 7.91. The second-order valence-corrected chi connectivity index (χ2v) is 7.20. The number of hydrogen-bond donors (Lipinski definition) is 2. The summed E-state index contributed by atoms with van der Waals surface area (Å²) in [7, 11) is -3.43. The second-order valence-electron chi connectivity index (χ2n) is 4.49. The highest BCUT2D eigenvalue weighted by Gasteiger charge is 2.15. The molecule has 9 heteroatoms. The molecule has 0 radical (unpaired) electrons. The van der Waals surface area contributed by atoms with Gasteiger partial charge in [0.25, 0.3) is 0 Å². The number of carbonyl (C=O) groups is 1. The minimum absolute atomic E-state index is 0.0257. The summed E-state index contributed by atoms with van der Waals surface area (Å²) in [4.78, 5) is 11.9. The Morgan fingerprint density at radius 2 is 2.18 bits per heavy atom. The molecule has 0 spiro atoms. The maximum atomic E-state index is 11.9. The maximum Gasteiger partial charge on any atom is 0.246 e. The molecule has 118 valence electrons. The van der Waals surface area contributed by atoms with Gasteiger partial charge in [0.15, 0.2) is 9.84 Å². The summed E-state index contributed by atoms with van der Waals surface area (Å²) < 4.78 is 25.0. The van der Waals surface area contributed by atoms with E-state index in [1.165, 1.54) is 42.2 Å². The van der Waals surface area contributed by atoms with E-state index in [1.54, 1.807) is 0 Å². The molecule has 0 aliphatic heterocycles. The van der Waals surface area contributed by atoms with E-state index >= 15 is 0 Å². The predicted molar refractivity (Wildman–Crippen MR) is 81.7 cm³/mol. The van der Waals surface area contributed by atoms with Crippen LogP contribution in [0.25, 0.3) is 0 Å². The number of anilines is 1. The molecule has 0 atom stereocenters. The zero-order valence-electron chi connectivity index (χ0n) is 11.7. The van der Waals surface area contributed by atoms with Crippen LogP contribution >= 0.6 is 11.6 Å². The van der Waals surface area contributed by atoms with Gasteiger partial charge >= 0.3 is 0 Å². The van der Waals surface area contributed by atoms with Gasteiger partial charge in [-0.2, -0.15) is 5.10 Å². The fourth-order valence-corrected chi connectivity index (χ4v) is 2.80. The van der Waals surface area contributed by atoms with Crippen molar-refractivity contribution in [3.05, 3.63) is 35.6 Å². The van der Waals surface area contributed by atoms with E-state index in [4.69, 9.17) is 11.6 Å². The molecule has 1 amide bonds. The normalized spacial score (nSPS) is 11.4. The van der Waals surface area contributed by atoms with E-state index < -0.39 is 15.7 Å². The van der Waals surface area contributed by atoms with Crippen LogP contribution in [0.1, 0.15) is 6.92 Å². The Morgan fingerprint density at radius 3 is 2.77 bits per heavy atom. The Balaban J connectivity index is 2.18. The van der Waals surface area contributed by atoms with Crippen LogP contribution in [0.5, 0.6) is 5.75 Å². The predicted octanol–water partition coefficient (Wildman–Crippen LogP) is 1.67. The minimum Gasteiger partial charge on any atom is -0.506 e. The van der Waals surface area contributed by atoms with Crippen molar-refractivity contribution < 1.29 is 18.3 Å². The average Bonchev–Trinajstić information content (AvgIpc) is 2.86. The Labute approximate surface area is 132 Å². The first-order valence-electron chi connectivity index (χ1n) is 6.35. The lowest BCUT2D eigenvalue weighted by Crippen LogP contribution is -2.19. The fraction of sp³-hybridized carbons (Fsp3) is 0.231. The first-order chi connectivity index (χ1) is 10.3. The number of nitrogens with zero attached hydrogens (tertiary/aromatic N) is 2. The summed E-state index contributed by atoms with van der Waals surface area (Å²) in [5.74, 6) is -0.764. The second kappa shape index (κ2) is 6.37. The molecule has 0 bridgehead atoms. The number of sulfone groups is 1. The molecule has 0 saturated heterocycles. The first-order valence-corrected chi connectivity index (χ1v) is 8.38. The molecule has 0 aliphatic carbocycles. The largest absolute Gasteiger partial charge is 0.506 e. The lowest BCUT2D eigenvalue weighted by molar-refractivity contribution is -0.116. The van der Waals surface area contributed by atoms with Crippen molar-refractivity contribution in [2.24, 2.45) is 0 Å². The lowest BCUT2D eigenvalue weighted by atomic mass is 10.3. The number of phenolic OH excluding ortho intramolecular Hbond substituents is 1. The maximum absolute atomic E-state index is 11.9. The summed E-state index contributed by atoms with van der Waals surface area (Å²) in [5, 5.41) is 16.4. The molecule has 2 rings (SSSR count). The van der Waals surface area contributed by atoms with E-state index in [-0.39, 0.29) is 28.6 Å². The fourth-order valence-electron chi connectivity index (χ4n) is 1.74. The molecule has 0 fully saturated rings. The SMILES string of the molecule is CCS(=O)(=O)c1ccc(O)c(NC(=O)Cn2cc(Cl)cn2)c1. The van der Waals surface area contributed by atoms with Crippen LogP contribution in [0.15, 0.2) is 35.5 Å². The number of aromatic hydroxyl groups is 1. The van der Waals surface area contributed by atoms with Crippen LogP contribution in [0.3, 0.4) is 0 Å². The van der Waals surface area contributed by atoms with Gasteiger partial charge < -0.3 is 10.4 Å². The van der Waals surface area contributed by atoms with Crippen molar-refractivity contribution in [3.8, 4) is 5.75 Å². The van der Waals surface area contributed by atoms with Gasteiger partial charge in [-0.3, -0.25) is 9.48 Å². The molecule has 0 aliphatic rings. The van der Waals surface area contributed by atoms with Crippen LogP contribution in [-0.2, 0) is 21.2 Å². The zero-order chi connectivity index (χ0) is 16.3. The van der Waals surface area contributed by atoms with E-state index in [0.717, 1.165) is 0 Å². The number of benzene rings is 1. The van der Waals surface area contributed by atoms with Crippen molar-refractivity contribution in [2.45, 2.75) is 18.4 Å². The quantitative estimate of drug-likeness (QED) is 0.804. The summed E-state index contributed by atoms with van der Waals surface area (Å²) in [6.07, 6.45) is 2.86. The molecule has 2 N–H and O–H groups in total. The highest BCUT2D eigenvalue weighted by Crippen LogP contribution is 2.27. The van der Waals surface area contributed by atoms with Crippen LogP contribution in [0.2, 0.25) is 5.02 Å². The van der Waals surface area contributed by atoms with E-state index in [2.05, 4.69) is 10.4 Å². The average molecular weight is 344 g/mol. The van der Waals surface area contributed by atoms with Gasteiger partial charge in [-0.25, -0.2) is 8.42 Å². The summed E-state index contributed by atoms with van der Waals surface area (Å²) in [5.41, 5.74) is 0.0257. The minimum atomic E-state index is -3.43. The van der Waals surface area contributed by atoms with Crippen LogP contribution in [0, 0.1) is 0 Å². The monoisotopic (exact) mass is 343 g/mol. The van der Waals surface area contributed by atoms with E-state index in [9.17, 15) is 18.3 Å². The molecule has 2 aromatic rings. The molecule has 7 nitrogen and oxygen atoms in total. The third-order valence-corrected chi connectivity index (χ3v) is 4.82. The zero-order valence-corrected chi connectivity index (χ0v) is 13.2. The van der Waals surface area contributed by atoms with Crippen LogP contribution in [0.4, 0.5) is 5.69 Å². The Bertz CT molecular complexity index is 801. The molecule has 0 saturated carbocycles. The molecule has 0 unspecified atom stereocenters. The summed E-state index contributed by atoms with van der Waals surface area (Å²) in [6.45, 7) is 1.40.